The van der Waals surface area contributed by atoms with Gasteiger partial charge in [-0.2, -0.15) is 17.7 Å². The summed E-state index contributed by atoms with van der Waals surface area (Å²) in [4.78, 5) is 11.3. The molecule has 0 aliphatic heterocycles. The maximum Gasteiger partial charge on any atom is 0.266 e. The van der Waals surface area contributed by atoms with Gasteiger partial charge in [-0.1, -0.05) is 13.3 Å². The summed E-state index contributed by atoms with van der Waals surface area (Å²) < 4.78 is 1.49. The largest absolute Gasteiger partial charge is 0.268 e. The van der Waals surface area contributed by atoms with Gasteiger partial charge in [0.25, 0.3) is 5.56 Å². The second-order valence-corrected chi connectivity index (χ2v) is 3.37. The van der Waals surface area contributed by atoms with Crippen LogP contribution in [-0.4, -0.2) is 15.5 Å². The van der Waals surface area contributed by atoms with Crippen LogP contribution in [-0.2, 0) is 6.54 Å². The van der Waals surface area contributed by atoms with Gasteiger partial charge in [-0.05, 0) is 17.7 Å². The van der Waals surface area contributed by atoms with Crippen molar-refractivity contribution in [2.75, 3.05) is 5.75 Å². The molecule has 1 heterocycles. The van der Waals surface area contributed by atoms with E-state index in [0.29, 0.717) is 12.5 Å². The predicted octanol–water partition coefficient (Wildman–Crippen LogP) is 1.20. The van der Waals surface area contributed by atoms with Gasteiger partial charge in [0.05, 0.1) is 0 Å². The molecule has 0 saturated heterocycles. The van der Waals surface area contributed by atoms with Crippen molar-refractivity contribution >= 4 is 12.6 Å². The number of hydrogen-bond donors (Lipinski definition) is 1. The standard InChI is InChI=1S/C9H14N2OS/c1-2-8(7-13)6-11-9(12)4-3-5-10-11/h3-5,8,13H,2,6-7H2,1H3. The zero-order valence-corrected chi connectivity index (χ0v) is 8.58. The first-order valence-electron chi connectivity index (χ1n) is 4.41. The van der Waals surface area contributed by atoms with Crippen LogP contribution in [0, 0.1) is 5.92 Å². The molecule has 72 valence electrons. The molecule has 3 nitrogen and oxygen atoms in total. The van der Waals surface area contributed by atoms with E-state index in [4.69, 9.17) is 0 Å². The van der Waals surface area contributed by atoms with Crippen molar-refractivity contribution in [1.82, 2.24) is 9.78 Å². The predicted molar refractivity (Wildman–Crippen MR) is 56.1 cm³/mol. The van der Waals surface area contributed by atoms with Crippen LogP contribution < -0.4 is 5.56 Å². The molecule has 0 bridgehead atoms. The first kappa shape index (κ1) is 10.3. The molecule has 0 N–H and O–H groups in total. The molecule has 0 amide bonds. The van der Waals surface area contributed by atoms with Crippen LogP contribution in [0.2, 0.25) is 0 Å². The molecule has 0 fully saturated rings. The molecular weight excluding hydrogens is 184 g/mol. The third-order valence-electron chi connectivity index (χ3n) is 2.05. The zero-order chi connectivity index (χ0) is 9.68. The lowest BCUT2D eigenvalue weighted by Crippen LogP contribution is -2.25. The molecule has 0 saturated carbocycles. The molecule has 1 unspecified atom stereocenters. The maximum absolute atomic E-state index is 11.3. The van der Waals surface area contributed by atoms with Crippen molar-refractivity contribution in [2.24, 2.45) is 5.92 Å². The summed E-state index contributed by atoms with van der Waals surface area (Å²) >= 11 is 4.22. The van der Waals surface area contributed by atoms with Crippen molar-refractivity contribution < 1.29 is 0 Å². The van der Waals surface area contributed by atoms with E-state index in [2.05, 4.69) is 24.7 Å². The molecule has 4 heteroatoms. The first-order valence-corrected chi connectivity index (χ1v) is 5.04. The topological polar surface area (TPSA) is 34.9 Å². The van der Waals surface area contributed by atoms with Crippen molar-refractivity contribution in [2.45, 2.75) is 19.9 Å². The first-order chi connectivity index (χ1) is 6.27. The van der Waals surface area contributed by atoms with Crippen molar-refractivity contribution in [3.8, 4) is 0 Å². The van der Waals surface area contributed by atoms with Gasteiger partial charge < -0.3 is 0 Å². The summed E-state index contributed by atoms with van der Waals surface area (Å²) in [7, 11) is 0. The van der Waals surface area contributed by atoms with Gasteiger partial charge in [0.15, 0.2) is 0 Å². The fourth-order valence-electron chi connectivity index (χ4n) is 1.08. The average Bonchev–Trinajstić information content (AvgIpc) is 2.17. The van der Waals surface area contributed by atoms with Crippen LogP contribution in [0.1, 0.15) is 13.3 Å². The number of thiol groups is 1. The highest BCUT2D eigenvalue weighted by Crippen LogP contribution is 2.05. The zero-order valence-electron chi connectivity index (χ0n) is 7.68. The Kier molecular flexibility index (Phi) is 4.02. The van der Waals surface area contributed by atoms with Gasteiger partial charge in [-0.3, -0.25) is 4.79 Å². The summed E-state index contributed by atoms with van der Waals surface area (Å²) in [6.07, 6.45) is 2.65. The fraction of sp³-hybridized carbons (Fsp3) is 0.556. The van der Waals surface area contributed by atoms with E-state index in [-0.39, 0.29) is 5.56 Å². The van der Waals surface area contributed by atoms with Gasteiger partial charge in [0, 0.05) is 18.8 Å². The Bertz CT molecular complexity index is 306. The third-order valence-corrected chi connectivity index (χ3v) is 2.57. The average molecular weight is 198 g/mol. The normalized spacial score (nSPS) is 12.8. The quantitative estimate of drug-likeness (QED) is 0.738. The van der Waals surface area contributed by atoms with Crippen LogP contribution in [0.3, 0.4) is 0 Å². The van der Waals surface area contributed by atoms with Gasteiger partial charge in [-0.15, -0.1) is 0 Å². The molecule has 0 aliphatic rings. The fourth-order valence-corrected chi connectivity index (χ4v) is 1.46. The Morgan fingerprint density at radius 3 is 3.00 bits per heavy atom. The molecule has 13 heavy (non-hydrogen) atoms. The van der Waals surface area contributed by atoms with Crippen LogP contribution in [0.4, 0.5) is 0 Å². The Hall–Kier alpha value is -0.770. The van der Waals surface area contributed by atoms with Crippen LogP contribution in [0.15, 0.2) is 23.1 Å². The summed E-state index contributed by atoms with van der Waals surface area (Å²) in [6, 6.07) is 3.18. The molecule has 1 atom stereocenters. The van der Waals surface area contributed by atoms with Crippen molar-refractivity contribution in [1.29, 1.82) is 0 Å². The minimum Gasteiger partial charge on any atom is -0.268 e. The van der Waals surface area contributed by atoms with E-state index in [0.717, 1.165) is 12.2 Å². The SMILES string of the molecule is CCC(CS)Cn1ncccc1=O. The second kappa shape index (κ2) is 5.07. The lowest BCUT2D eigenvalue weighted by Gasteiger charge is -2.11. The highest BCUT2D eigenvalue weighted by atomic mass is 32.1. The molecule has 1 rings (SSSR count). The Morgan fingerprint density at radius 1 is 1.69 bits per heavy atom. The molecule has 1 aromatic heterocycles. The molecular formula is C9H14N2OS. The van der Waals surface area contributed by atoms with Crippen LogP contribution >= 0.6 is 12.6 Å². The monoisotopic (exact) mass is 198 g/mol. The number of nitrogens with zero attached hydrogens (tertiary/aromatic N) is 2. The maximum atomic E-state index is 11.3. The third kappa shape index (κ3) is 2.88. The number of hydrogen-bond acceptors (Lipinski definition) is 3. The summed E-state index contributed by atoms with van der Waals surface area (Å²) in [5.74, 6) is 1.22. The van der Waals surface area contributed by atoms with Crippen molar-refractivity contribution in [3.05, 3.63) is 28.7 Å². The highest BCUT2D eigenvalue weighted by Gasteiger charge is 2.05. The van der Waals surface area contributed by atoms with E-state index in [1.165, 1.54) is 10.7 Å². The lowest BCUT2D eigenvalue weighted by atomic mass is 10.1. The molecule has 0 radical (unpaired) electrons. The highest BCUT2D eigenvalue weighted by molar-refractivity contribution is 7.80. The van der Waals surface area contributed by atoms with Gasteiger partial charge in [0.2, 0.25) is 0 Å². The van der Waals surface area contributed by atoms with E-state index < -0.39 is 0 Å². The minimum atomic E-state index is -0.0391. The van der Waals surface area contributed by atoms with Crippen LogP contribution in [0.5, 0.6) is 0 Å². The second-order valence-electron chi connectivity index (χ2n) is 3.00. The van der Waals surface area contributed by atoms with Gasteiger partial charge in [0.1, 0.15) is 0 Å². The Labute approximate surface area is 83.2 Å². The molecule has 0 aromatic carbocycles. The Balaban J connectivity index is 2.73. The number of aromatic nitrogens is 2. The van der Waals surface area contributed by atoms with Crippen molar-refractivity contribution in [3.63, 3.8) is 0 Å². The minimum absolute atomic E-state index is 0.0391. The smallest absolute Gasteiger partial charge is 0.266 e. The van der Waals surface area contributed by atoms with Gasteiger partial charge in [-0.25, -0.2) is 4.68 Å². The summed E-state index contributed by atoms with van der Waals surface area (Å²) in [5.41, 5.74) is -0.0391. The summed E-state index contributed by atoms with van der Waals surface area (Å²) in [5, 5.41) is 3.98. The van der Waals surface area contributed by atoms with E-state index in [9.17, 15) is 4.79 Å². The summed E-state index contributed by atoms with van der Waals surface area (Å²) in [6.45, 7) is 2.76. The van der Waals surface area contributed by atoms with Crippen LogP contribution in [0.25, 0.3) is 0 Å². The number of rotatable bonds is 4. The molecule has 0 aliphatic carbocycles. The Morgan fingerprint density at radius 2 is 2.46 bits per heavy atom. The van der Waals surface area contributed by atoms with E-state index in [1.54, 1.807) is 12.3 Å². The molecule has 0 spiro atoms. The van der Waals surface area contributed by atoms with E-state index >= 15 is 0 Å². The molecule has 1 aromatic rings. The van der Waals surface area contributed by atoms with E-state index in [1.807, 2.05) is 0 Å². The van der Waals surface area contributed by atoms with Gasteiger partial charge >= 0.3 is 0 Å². The lowest BCUT2D eigenvalue weighted by molar-refractivity contribution is 0.431.